The highest BCUT2D eigenvalue weighted by atomic mass is 32.1. The number of benzene rings is 1. The zero-order valence-corrected chi connectivity index (χ0v) is 16.2. The van der Waals surface area contributed by atoms with Gasteiger partial charge < -0.3 is 14.4 Å². The molecule has 4 heterocycles. The topological polar surface area (TPSA) is 113 Å². The fourth-order valence-corrected chi connectivity index (χ4v) is 4.50. The lowest BCUT2D eigenvalue weighted by molar-refractivity contribution is -0.172. The van der Waals surface area contributed by atoms with Gasteiger partial charge in [0.15, 0.2) is 5.60 Å². The first kappa shape index (κ1) is 17.8. The van der Waals surface area contributed by atoms with Crippen molar-refractivity contribution in [3.05, 3.63) is 68.2 Å². The Morgan fingerprint density at radius 2 is 2.24 bits per heavy atom. The number of azide groups is 1. The molecule has 0 saturated carbocycles. The third-order valence-corrected chi connectivity index (χ3v) is 6.11. The maximum Gasteiger partial charge on any atom is 0.343 e. The SMILES string of the molecule is CC[C@@]1(O)C(=O)OCc2c1cc1n(c2=S)C(N=[N+]=[N-])c2cc3ccccc3nc2-1. The molecule has 5 rings (SSSR count). The highest BCUT2D eigenvalue weighted by Gasteiger charge is 2.45. The highest BCUT2D eigenvalue weighted by Crippen LogP contribution is 2.45. The minimum atomic E-state index is -1.77. The number of cyclic esters (lactones) is 1. The van der Waals surface area contributed by atoms with E-state index in [-0.39, 0.29) is 13.0 Å². The van der Waals surface area contributed by atoms with Gasteiger partial charge in [0.05, 0.1) is 16.9 Å². The minimum Gasteiger partial charge on any atom is -0.458 e. The molecule has 0 saturated heterocycles. The molecule has 2 aliphatic rings. The first-order valence-corrected chi connectivity index (χ1v) is 9.53. The number of rotatable bonds is 2. The van der Waals surface area contributed by atoms with Crippen LogP contribution in [0.4, 0.5) is 0 Å². The molecule has 1 unspecified atom stereocenters. The molecular weight excluding hydrogens is 390 g/mol. The fourth-order valence-electron chi connectivity index (χ4n) is 4.14. The normalized spacial score (nSPS) is 21.7. The summed E-state index contributed by atoms with van der Waals surface area (Å²) in [5, 5.41) is 15.9. The molecule has 0 spiro atoms. The van der Waals surface area contributed by atoms with Crippen molar-refractivity contribution in [2.45, 2.75) is 31.7 Å². The van der Waals surface area contributed by atoms with Crippen molar-refractivity contribution in [2.24, 2.45) is 5.11 Å². The second-order valence-corrected chi connectivity index (χ2v) is 7.47. The van der Waals surface area contributed by atoms with Crippen LogP contribution in [-0.4, -0.2) is 20.6 Å². The summed E-state index contributed by atoms with van der Waals surface area (Å²) in [5.74, 6) is -0.692. The summed E-state index contributed by atoms with van der Waals surface area (Å²) < 4.78 is 7.28. The van der Waals surface area contributed by atoms with E-state index in [4.69, 9.17) is 27.5 Å². The summed E-state index contributed by atoms with van der Waals surface area (Å²) in [6, 6.07) is 11.3. The van der Waals surface area contributed by atoms with Gasteiger partial charge in [-0.3, -0.25) is 0 Å². The zero-order valence-electron chi connectivity index (χ0n) is 15.4. The number of hydrogen-bond acceptors (Lipinski definition) is 6. The second-order valence-electron chi connectivity index (χ2n) is 7.08. The van der Waals surface area contributed by atoms with Gasteiger partial charge in [0.2, 0.25) is 0 Å². The van der Waals surface area contributed by atoms with Crippen LogP contribution in [-0.2, 0) is 21.7 Å². The van der Waals surface area contributed by atoms with Crippen LogP contribution in [0.2, 0.25) is 0 Å². The number of aromatic nitrogens is 2. The van der Waals surface area contributed by atoms with E-state index < -0.39 is 17.7 Å². The number of carbonyl (C=O) groups excluding carboxylic acids is 1. The number of fused-ring (bicyclic) bond motifs is 5. The Morgan fingerprint density at radius 3 is 3.00 bits per heavy atom. The quantitative estimate of drug-likeness (QED) is 0.225. The predicted octanol–water partition coefficient (Wildman–Crippen LogP) is 4.26. The van der Waals surface area contributed by atoms with E-state index in [1.54, 1.807) is 17.6 Å². The summed E-state index contributed by atoms with van der Waals surface area (Å²) in [6.45, 7) is 1.67. The van der Waals surface area contributed by atoms with Crippen molar-refractivity contribution in [1.29, 1.82) is 0 Å². The maximum atomic E-state index is 12.3. The summed E-state index contributed by atoms with van der Waals surface area (Å²) >= 11 is 5.69. The van der Waals surface area contributed by atoms with Crippen LogP contribution < -0.4 is 0 Å². The molecule has 2 atom stereocenters. The van der Waals surface area contributed by atoms with Crippen LogP contribution >= 0.6 is 12.2 Å². The molecule has 3 aromatic rings. The number of esters is 1. The predicted molar refractivity (Wildman–Crippen MR) is 107 cm³/mol. The highest BCUT2D eigenvalue weighted by molar-refractivity contribution is 7.71. The van der Waals surface area contributed by atoms with Crippen LogP contribution in [0.1, 0.15) is 36.2 Å². The molecule has 0 bridgehead atoms. The lowest BCUT2D eigenvalue weighted by Gasteiger charge is -2.32. The van der Waals surface area contributed by atoms with Crippen molar-refractivity contribution >= 4 is 29.1 Å². The molecular formula is C20H15N5O3S. The molecule has 9 heteroatoms. The zero-order chi connectivity index (χ0) is 20.3. The Morgan fingerprint density at radius 1 is 1.45 bits per heavy atom. The summed E-state index contributed by atoms with van der Waals surface area (Å²) in [6.07, 6.45) is -0.554. The second kappa shape index (κ2) is 6.12. The third kappa shape index (κ3) is 2.29. The van der Waals surface area contributed by atoms with Gasteiger partial charge in [0.1, 0.15) is 17.4 Å². The largest absolute Gasteiger partial charge is 0.458 e. The van der Waals surface area contributed by atoms with E-state index in [9.17, 15) is 9.90 Å². The number of ether oxygens (including phenoxy) is 1. The first-order chi connectivity index (χ1) is 14.0. The molecule has 8 nitrogen and oxygen atoms in total. The fraction of sp³-hybridized carbons (Fsp3) is 0.250. The van der Waals surface area contributed by atoms with Crippen LogP contribution in [0.3, 0.4) is 0 Å². The molecule has 144 valence electrons. The van der Waals surface area contributed by atoms with Gasteiger partial charge in [-0.1, -0.05) is 42.5 Å². The van der Waals surface area contributed by atoms with Crippen molar-refractivity contribution in [3.63, 3.8) is 0 Å². The van der Waals surface area contributed by atoms with Crippen LogP contribution in [0.15, 0.2) is 41.5 Å². The molecule has 0 aliphatic carbocycles. The molecule has 0 amide bonds. The van der Waals surface area contributed by atoms with Gasteiger partial charge in [-0.2, -0.15) is 0 Å². The van der Waals surface area contributed by atoms with Crippen LogP contribution in [0.25, 0.3) is 32.7 Å². The Hall–Kier alpha value is -3.26. The monoisotopic (exact) mass is 405 g/mol. The number of para-hydroxylation sites is 1. The number of carbonyl (C=O) groups is 1. The van der Waals surface area contributed by atoms with Crippen LogP contribution in [0.5, 0.6) is 0 Å². The van der Waals surface area contributed by atoms with E-state index in [1.165, 1.54) is 0 Å². The first-order valence-electron chi connectivity index (χ1n) is 9.12. The van der Waals surface area contributed by atoms with Gasteiger partial charge in [0, 0.05) is 27.0 Å². The smallest absolute Gasteiger partial charge is 0.343 e. The average molecular weight is 405 g/mol. The third-order valence-electron chi connectivity index (χ3n) is 5.67. The summed E-state index contributed by atoms with van der Waals surface area (Å²) in [4.78, 5) is 20.1. The van der Waals surface area contributed by atoms with Crippen molar-refractivity contribution in [2.75, 3.05) is 0 Å². The van der Waals surface area contributed by atoms with Gasteiger partial charge in [0.25, 0.3) is 0 Å². The number of pyridine rings is 2. The van der Waals surface area contributed by atoms with Crippen molar-refractivity contribution < 1.29 is 14.6 Å². The van der Waals surface area contributed by atoms with E-state index in [0.29, 0.717) is 27.2 Å². The summed E-state index contributed by atoms with van der Waals surface area (Å²) in [7, 11) is 0. The lowest BCUT2D eigenvalue weighted by atomic mass is 9.86. The molecule has 2 aromatic heterocycles. The number of hydrogen-bond donors (Lipinski definition) is 1. The molecule has 1 N–H and O–H groups in total. The van der Waals surface area contributed by atoms with E-state index >= 15 is 0 Å². The van der Waals surface area contributed by atoms with Crippen molar-refractivity contribution in [3.8, 4) is 11.4 Å². The van der Waals surface area contributed by atoms with E-state index in [0.717, 1.165) is 16.5 Å². The molecule has 1 aromatic carbocycles. The Bertz CT molecular complexity index is 1330. The lowest BCUT2D eigenvalue weighted by Crippen LogP contribution is -2.41. The van der Waals surface area contributed by atoms with E-state index in [2.05, 4.69) is 10.0 Å². The molecule has 2 aliphatic heterocycles. The molecule has 29 heavy (non-hydrogen) atoms. The Labute approximate surface area is 170 Å². The maximum absolute atomic E-state index is 12.3. The van der Waals surface area contributed by atoms with E-state index in [1.807, 2.05) is 30.3 Å². The molecule has 0 radical (unpaired) electrons. The average Bonchev–Trinajstić information content (AvgIpc) is 3.03. The van der Waals surface area contributed by atoms with Gasteiger partial charge in [-0.15, -0.1) is 0 Å². The van der Waals surface area contributed by atoms with Crippen molar-refractivity contribution in [1.82, 2.24) is 9.55 Å². The van der Waals surface area contributed by atoms with Crippen LogP contribution in [0, 0.1) is 4.64 Å². The standard InChI is InChI=1S/C20H15N5O3S/c1-2-20(27)13-8-15-16-11(7-10-5-3-4-6-14(10)22-16)17(23-24-21)25(15)18(29)12(13)9-28-19(20)26/h3-8,17,27H,2,9H2,1H3/t17?,20-/m0/s1. The minimum absolute atomic E-state index is 0.0374. The summed E-state index contributed by atoms with van der Waals surface area (Å²) in [5.41, 5.74) is 11.1. The van der Waals surface area contributed by atoms with Gasteiger partial charge in [-0.05, 0) is 30.2 Å². The number of aliphatic hydroxyl groups is 1. The Balaban J connectivity index is 1.89. The number of nitrogens with zero attached hydrogens (tertiary/aromatic N) is 5. The Kier molecular flexibility index (Phi) is 3.76. The van der Waals surface area contributed by atoms with Gasteiger partial charge in [-0.25, -0.2) is 9.78 Å². The van der Waals surface area contributed by atoms with Gasteiger partial charge >= 0.3 is 5.97 Å². The molecule has 0 fully saturated rings.